The third kappa shape index (κ3) is 7.61. The van der Waals surface area contributed by atoms with Gasteiger partial charge in [0.05, 0.1) is 23.7 Å². The van der Waals surface area contributed by atoms with E-state index in [9.17, 15) is 13.6 Å². The Bertz CT molecular complexity index is 1290. The van der Waals surface area contributed by atoms with Gasteiger partial charge in [-0.2, -0.15) is 0 Å². The van der Waals surface area contributed by atoms with E-state index in [4.69, 9.17) is 0 Å². The number of carbonyl (C=O) groups is 1. The molecule has 1 aliphatic carbocycles. The van der Waals surface area contributed by atoms with E-state index in [1.807, 2.05) is 25.1 Å². The molecule has 2 heterocycles. The van der Waals surface area contributed by atoms with Crippen molar-refractivity contribution in [3.63, 3.8) is 0 Å². The Labute approximate surface area is 243 Å². The van der Waals surface area contributed by atoms with Crippen molar-refractivity contribution < 1.29 is 13.6 Å². The summed E-state index contributed by atoms with van der Waals surface area (Å²) in [6.45, 7) is 16.4. The lowest BCUT2D eigenvalue weighted by Gasteiger charge is -2.55. The van der Waals surface area contributed by atoms with E-state index in [0.29, 0.717) is 41.5 Å². The van der Waals surface area contributed by atoms with Gasteiger partial charge in [0.1, 0.15) is 11.6 Å². The molecule has 1 aliphatic heterocycles. The van der Waals surface area contributed by atoms with Crippen molar-refractivity contribution in [3.8, 4) is 0 Å². The minimum Gasteiger partial charge on any atom is -0.388 e. The summed E-state index contributed by atoms with van der Waals surface area (Å²) in [6.07, 6.45) is 8.35. The Balaban J connectivity index is 1.47. The zero-order chi connectivity index (χ0) is 29.8. The predicted molar refractivity (Wildman–Crippen MR) is 161 cm³/mol. The molecule has 0 radical (unpaired) electrons. The van der Waals surface area contributed by atoms with Crippen LogP contribution in [0.2, 0.25) is 0 Å². The van der Waals surface area contributed by atoms with Crippen molar-refractivity contribution >= 4 is 11.6 Å². The molecule has 3 N–H and O–H groups in total. The largest absolute Gasteiger partial charge is 0.388 e. The molecular weight excluding hydrogens is 520 g/mol. The number of halogens is 2. The second-order valence-corrected chi connectivity index (χ2v) is 12.4. The van der Waals surface area contributed by atoms with Crippen LogP contribution in [0.1, 0.15) is 70.2 Å². The van der Waals surface area contributed by atoms with E-state index in [0.717, 1.165) is 24.6 Å². The summed E-state index contributed by atoms with van der Waals surface area (Å²) in [4.78, 5) is 20.1. The van der Waals surface area contributed by atoms with E-state index in [1.165, 1.54) is 25.0 Å². The van der Waals surface area contributed by atoms with Gasteiger partial charge in [0.15, 0.2) is 0 Å². The zero-order valence-electron chi connectivity index (χ0n) is 24.7. The quantitative estimate of drug-likeness (QED) is 0.299. The Hall–Kier alpha value is -3.52. The molecule has 2 fully saturated rings. The summed E-state index contributed by atoms with van der Waals surface area (Å²) in [6, 6.07) is 9.40. The smallest absolute Gasteiger partial charge is 0.222 e. The fourth-order valence-electron chi connectivity index (χ4n) is 5.93. The molecule has 0 spiro atoms. The molecule has 1 atom stereocenters. The first-order valence-electron chi connectivity index (χ1n) is 14.4. The summed E-state index contributed by atoms with van der Waals surface area (Å²) in [5.74, 6) is -1.38. The van der Waals surface area contributed by atoms with Gasteiger partial charge in [0, 0.05) is 55.4 Å². The number of nitrogens with zero attached hydrogens (tertiary/aromatic N) is 2. The minimum atomic E-state index is -0.669. The molecule has 1 saturated carbocycles. The topological polar surface area (TPSA) is 69.3 Å². The average Bonchev–Trinajstić information content (AvgIpc) is 2.90. The van der Waals surface area contributed by atoms with Crippen molar-refractivity contribution in [2.45, 2.75) is 70.5 Å². The van der Waals surface area contributed by atoms with Crippen molar-refractivity contribution in [1.82, 2.24) is 25.8 Å². The SMILES string of the molecule is C=C(/C=C(\NC)c1ccc(F)cc1F)C(=C)NC1(CC(=O)NC(C)c2ccccn2)CN(C2CCC(C)(C)CC2)C1. The van der Waals surface area contributed by atoms with Crippen LogP contribution in [0.15, 0.2) is 73.1 Å². The van der Waals surface area contributed by atoms with Crippen LogP contribution < -0.4 is 16.0 Å². The van der Waals surface area contributed by atoms with Crippen LogP contribution in [0.3, 0.4) is 0 Å². The Morgan fingerprint density at radius 2 is 1.88 bits per heavy atom. The lowest BCUT2D eigenvalue weighted by Crippen LogP contribution is -2.72. The van der Waals surface area contributed by atoms with Crippen molar-refractivity contribution in [1.29, 1.82) is 0 Å². The maximum absolute atomic E-state index is 14.5. The highest BCUT2D eigenvalue weighted by atomic mass is 19.1. The second kappa shape index (κ2) is 12.6. The van der Waals surface area contributed by atoms with E-state index in [2.05, 4.69) is 52.8 Å². The molecule has 8 heteroatoms. The fraction of sp³-hybridized carbons (Fsp3) is 0.455. The molecule has 0 bridgehead atoms. The highest BCUT2D eigenvalue weighted by molar-refractivity contribution is 5.78. The number of pyridine rings is 1. The van der Waals surface area contributed by atoms with Gasteiger partial charge in [-0.1, -0.05) is 33.1 Å². The van der Waals surface area contributed by atoms with Crippen molar-refractivity contribution in [2.75, 3.05) is 20.1 Å². The molecular formula is C33H43F2N5O. The number of benzene rings is 1. The maximum atomic E-state index is 14.5. The average molecular weight is 564 g/mol. The Morgan fingerprint density at radius 3 is 2.49 bits per heavy atom. The number of hydrogen-bond acceptors (Lipinski definition) is 5. The number of rotatable bonds is 11. The van der Waals surface area contributed by atoms with Crippen LogP contribution in [0.25, 0.3) is 5.70 Å². The number of carbonyl (C=O) groups excluding carboxylic acids is 1. The first-order chi connectivity index (χ1) is 19.4. The van der Waals surface area contributed by atoms with E-state index in [1.54, 1.807) is 19.3 Å². The summed E-state index contributed by atoms with van der Waals surface area (Å²) in [7, 11) is 1.67. The maximum Gasteiger partial charge on any atom is 0.222 e. The highest BCUT2D eigenvalue weighted by Gasteiger charge is 2.48. The van der Waals surface area contributed by atoms with Crippen LogP contribution >= 0.6 is 0 Å². The van der Waals surface area contributed by atoms with Crippen LogP contribution in [0, 0.1) is 17.0 Å². The molecule has 1 amide bonds. The summed E-state index contributed by atoms with van der Waals surface area (Å²) >= 11 is 0. The second-order valence-electron chi connectivity index (χ2n) is 12.4. The molecule has 41 heavy (non-hydrogen) atoms. The van der Waals surface area contributed by atoms with Gasteiger partial charge in [-0.3, -0.25) is 14.7 Å². The third-order valence-electron chi connectivity index (χ3n) is 8.46. The van der Waals surface area contributed by atoms with E-state index >= 15 is 0 Å². The zero-order valence-corrected chi connectivity index (χ0v) is 24.7. The molecule has 4 rings (SSSR count). The van der Waals surface area contributed by atoms with Crippen LogP contribution in [-0.2, 0) is 4.79 Å². The predicted octanol–water partition coefficient (Wildman–Crippen LogP) is 5.87. The molecule has 6 nitrogen and oxygen atoms in total. The van der Waals surface area contributed by atoms with Crippen LogP contribution in [0.5, 0.6) is 0 Å². The lowest BCUT2D eigenvalue weighted by atomic mass is 9.73. The summed E-state index contributed by atoms with van der Waals surface area (Å²) in [5, 5.41) is 9.59. The first kappa shape index (κ1) is 30.4. The van der Waals surface area contributed by atoms with Gasteiger partial charge < -0.3 is 16.0 Å². The van der Waals surface area contributed by atoms with Gasteiger partial charge >= 0.3 is 0 Å². The van der Waals surface area contributed by atoms with Crippen molar-refractivity contribution in [3.05, 3.63) is 96.0 Å². The number of amides is 1. The van der Waals surface area contributed by atoms with Crippen LogP contribution in [-0.4, -0.2) is 47.5 Å². The normalized spacial score (nSPS) is 19.5. The van der Waals surface area contributed by atoms with Gasteiger partial charge in [-0.05, 0) is 73.9 Å². The number of hydrogen-bond donors (Lipinski definition) is 3. The number of likely N-dealkylation sites (tertiary alicyclic amines) is 1. The molecule has 1 saturated heterocycles. The van der Waals surface area contributed by atoms with Gasteiger partial charge in [-0.25, -0.2) is 8.78 Å². The minimum absolute atomic E-state index is 0.0710. The third-order valence-corrected chi connectivity index (χ3v) is 8.46. The molecule has 220 valence electrons. The fourth-order valence-corrected chi connectivity index (χ4v) is 5.93. The van der Waals surface area contributed by atoms with Gasteiger partial charge in [-0.15, -0.1) is 0 Å². The summed E-state index contributed by atoms with van der Waals surface area (Å²) < 4.78 is 27.9. The first-order valence-corrected chi connectivity index (χ1v) is 14.4. The number of nitrogens with one attached hydrogen (secondary N) is 3. The Kier molecular flexibility index (Phi) is 9.32. The summed E-state index contributed by atoms with van der Waals surface area (Å²) in [5.41, 5.74) is 2.44. The molecule has 1 aromatic heterocycles. The van der Waals surface area contributed by atoms with Crippen molar-refractivity contribution in [2.24, 2.45) is 5.41 Å². The van der Waals surface area contributed by atoms with E-state index < -0.39 is 17.2 Å². The highest BCUT2D eigenvalue weighted by Crippen LogP contribution is 2.40. The molecule has 1 unspecified atom stereocenters. The standard InChI is InChI=1S/C33H43F2N5O/c1-22(17-30(36-6)27-11-10-25(34)18-28(27)35)23(2)39-33(19-31(41)38-24(3)29-9-7-8-16-37-29)20-40(21-33)26-12-14-32(4,5)15-13-26/h7-11,16-18,24,26,36,39H,1-2,12-15,19-21H2,3-6H3,(H,38,41)/b30-17-. The monoisotopic (exact) mass is 563 g/mol. The van der Waals surface area contributed by atoms with Gasteiger partial charge in [0.25, 0.3) is 0 Å². The molecule has 2 aliphatic rings. The van der Waals surface area contributed by atoms with E-state index in [-0.39, 0.29) is 23.9 Å². The molecule has 2 aromatic rings. The number of aromatic nitrogens is 1. The number of allylic oxidation sites excluding steroid dienone is 1. The molecule has 1 aromatic carbocycles. The van der Waals surface area contributed by atoms with Gasteiger partial charge in [0.2, 0.25) is 5.91 Å². The Morgan fingerprint density at radius 1 is 1.17 bits per heavy atom. The van der Waals surface area contributed by atoms with Crippen LogP contribution in [0.4, 0.5) is 8.78 Å². The lowest BCUT2D eigenvalue weighted by molar-refractivity contribution is -0.126.